The Kier molecular flexibility index (Phi) is 4.11. The Bertz CT molecular complexity index is 860. The molecule has 3 aromatic rings. The number of aromatic nitrogens is 2. The quantitative estimate of drug-likeness (QED) is 0.803. The second kappa shape index (κ2) is 6.55. The Labute approximate surface area is 140 Å². The fraction of sp³-hybridized carbons (Fsp3) is 0.263. The van der Waals surface area contributed by atoms with E-state index in [-0.39, 0.29) is 6.61 Å². The Morgan fingerprint density at radius 1 is 1.04 bits per heavy atom. The third-order valence-electron chi connectivity index (χ3n) is 4.38. The van der Waals surface area contributed by atoms with Gasteiger partial charge in [0.2, 0.25) is 0 Å². The van der Waals surface area contributed by atoms with Crippen LogP contribution < -0.4 is 4.90 Å². The average Bonchev–Trinajstić information content (AvgIpc) is 2.68. The number of fused-ring (bicyclic) bond motifs is 1. The Morgan fingerprint density at radius 3 is 2.75 bits per heavy atom. The number of aliphatic hydroxyl groups is 1. The van der Waals surface area contributed by atoms with Crippen molar-refractivity contribution in [3.05, 3.63) is 54.4 Å². The van der Waals surface area contributed by atoms with E-state index in [4.69, 9.17) is 4.74 Å². The summed E-state index contributed by atoms with van der Waals surface area (Å²) in [5.74, 6) is 0. The summed E-state index contributed by atoms with van der Waals surface area (Å²) < 4.78 is 5.42. The van der Waals surface area contributed by atoms with Crippen LogP contribution in [0.4, 0.5) is 5.69 Å². The van der Waals surface area contributed by atoms with E-state index in [0.29, 0.717) is 0 Å². The van der Waals surface area contributed by atoms with Gasteiger partial charge in [-0.1, -0.05) is 18.2 Å². The molecule has 0 saturated carbocycles. The average molecular weight is 321 g/mol. The van der Waals surface area contributed by atoms with Crippen LogP contribution in [0, 0.1) is 0 Å². The summed E-state index contributed by atoms with van der Waals surface area (Å²) >= 11 is 0. The van der Waals surface area contributed by atoms with E-state index in [1.807, 2.05) is 24.3 Å². The molecule has 2 heterocycles. The van der Waals surface area contributed by atoms with Gasteiger partial charge >= 0.3 is 0 Å². The molecular weight excluding hydrogens is 302 g/mol. The van der Waals surface area contributed by atoms with Gasteiger partial charge in [0, 0.05) is 29.7 Å². The monoisotopic (exact) mass is 321 g/mol. The van der Waals surface area contributed by atoms with Crippen molar-refractivity contribution in [2.24, 2.45) is 0 Å². The number of morpholine rings is 1. The summed E-state index contributed by atoms with van der Waals surface area (Å²) in [5, 5.41) is 10.4. The van der Waals surface area contributed by atoms with E-state index in [0.717, 1.165) is 54.0 Å². The first kappa shape index (κ1) is 15.1. The molecule has 1 aliphatic heterocycles. The number of rotatable bonds is 3. The molecule has 1 aromatic heterocycles. The first-order valence-corrected chi connectivity index (χ1v) is 8.13. The van der Waals surface area contributed by atoms with Crippen LogP contribution in [0.25, 0.3) is 22.2 Å². The first-order valence-electron chi connectivity index (χ1n) is 8.13. The molecule has 0 spiro atoms. The summed E-state index contributed by atoms with van der Waals surface area (Å²) in [6.45, 7) is 3.37. The highest BCUT2D eigenvalue weighted by atomic mass is 16.5. The van der Waals surface area contributed by atoms with E-state index in [1.54, 1.807) is 6.33 Å². The lowest BCUT2D eigenvalue weighted by molar-refractivity contribution is 0.122. The van der Waals surface area contributed by atoms with Crippen molar-refractivity contribution in [2.45, 2.75) is 6.61 Å². The van der Waals surface area contributed by atoms with Crippen molar-refractivity contribution < 1.29 is 9.84 Å². The zero-order valence-corrected chi connectivity index (χ0v) is 13.4. The third kappa shape index (κ3) is 2.84. The van der Waals surface area contributed by atoms with Crippen molar-refractivity contribution in [3.63, 3.8) is 0 Å². The predicted molar refractivity (Wildman–Crippen MR) is 93.9 cm³/mol. The van der Waals surface area contributed by atoms with Crippen LogP contribution in [0.15, 0.2) is 48.8 Å². The molecule has 24 heavy (non-hydrogen) atoms. The van der Waals surface area contributed by atoms with E-state index < -0.39 is 0 Å². The number of nitrogens with zero attached hydrogens (tertiary/aromatic N) is 3. The number of anilines is 1. The minimum absolute atomic E-state index is 0.0258. The molecule has 1 saturated heterocycles. The zero-order chi connectivity index (χ0) is 16.4. The summed E-state index contributed by atoms with van der Waals surface area (Å²) in [5.41, 5.74) is 4.86. The van der Waals surface area contributed by atoms with Gasteiger partial charge in [-0.05, 0) is 29.8 Å². The maximum Gasteiger partial charge on any atom is 0.116 e. The van der Waals surface area contributed by atoms with Crippen molar-refractivity contribution in [2.75, 3.05) is 31.2 Å². The Balaban J connectivity index is 1.77. The highest BCUT2D eigenvalue weighted by Gasteiger charge is 2.13. The van der Waals surface area contributed by atoms with Crippen LogP contribution in [0.3, 0.4) is 0 Å². The van der Waals surface area contributed by atoms with E-state index in [2.05, 4.69) is 33.1 Å². The van der Waals surface area contributed by atoms with Crippen molar-refractivity contribution >= 4 is 16.6 Å². The molecule has 0 aliphatic carbocycles. The number of ether oxygens (including phenoxy) is 1. The molecular formula is C19H19N3O2. The third-order valence-corrected chi connectivity index (χ3v) is 4.38. The van der Waals surface area contributed by atoms with Crippen LogP contribution >= 0.6 is 0 Å². The maximum atomic E-state index is 9.35. The molecule has 0 amide bonds. The number of aliphatic hydroxyl groups excluding tert-OH is 1. The van der Waals surface area contributed by atoms with Gasteiger partial charge in [-0.25, -0.2) is 9.97 Å². The molecule has 1 fully saturated rings. The molecule has 0 atom stereocenters. The van der Waals surface area contributed by atoms with E-state index in [1.165, 1.54) is 5.69 Å². The Morgan fingerprint density at radius 2 is 1.92 bits per heavy atom. The highest BCUT2D eigenvalue weighted by Crippen LogP contribution is 2.29. The molecule has 4 rings (SSSR count). The molecule has 0 bridgehead atoms. The van der Waals surface area contributed by atoms with Crippen LogP contribution in [0.1, 0.15) is 5.56 Å². The van der Waals surface area contributed by atoms with Crippen LogP contribution in [0.5, 0.6) is 0 Å². The van der Waals surface area contributed by atoms with Gasteiger partial charge in [0.25, 0.3) is 0 Å². The second-order valence-corrected chi connectivity index (χ2v) is 5.88. The molecule has 0 unspecified atom stereocenters. The van der Waals surface area contributed by atoms with Gasteiger partial charge in [0.15, 0.2) is 0 Å². The molecule has 122 valence electrons. The fourth-order valence-corrected chi connectivity index (χ4v) is 3.11. The molecule has 0 radical (unpaired) electrons. The standard InChI is InChI=1S/C19H19N3O2/c23-12-14-2-1-3-15(10-14)19-17-5-4-16(11-18(17)20-13-21-19)22-6-8-24-9-7-22/h1-5,10-11,13,23H,6-9,12H2. The van der Waals surface area contributed by atoms with Crippen LogP contribution in [0.2, 0.25) is 0 Å². The second-order valence-electron chi connectivity index (χ2n) is 5.88. The van der Waals surface area contributed by atoms with Crippen molar-refractivity contribution in [1.82, 2.24) is 9.97 Å². The van der Waals surface area contributed by atoms with Gasteiger partial charge in [0.05, 0.1) is 31.0 Å². The van der Waals surface area contributed by atoms with Crippen molar-refractivity contribution in [3.8, 4) is 11.3 Å². The summed E-state index contributed by atoms with van der Waals surface area (Å²) in [4.78, 5) is 11.2. The van der Waals surface area contributed by atoms with Crippen molar-refractivity contribution in [1.29, 1.82) is 0 Å². The van der Waals surface area contributed by atoms with Gasteiger partial charge in [0.1, 0.15) is 6.33 Å². The van der Waals surface area contributed by atoms with Crippen LogP contribution in [-0.2, 0) is 11.3 Å². The highest BCUT2D eigenvalue weighted by molar-refractivity contribution is 5.93. The number of hydrogen-bond acceptors (Lipinski definition) is 5. The minimum atomic E-state index is 0.0258. The smallest absolute Gasteiger partial charge is 0.116 e. The van der Waals surface area contributed by atoms with Gasteiger partial charge in [-0.15, -0.1) is 0 Å². The summed E-state index contributed by atoms with van der Waals surface area (Å²) in [6, 6.07) is 14.1. The zero-order valence-electron chi connectivity index (χ0n) is 13.4. The normalized spacial score (nSPS) is 15.0. The lowest BCUT2D eigenvalue weighted by Crippen LogP contribution is -2.36. The molecule has 5 nitrogen and oxygen atoms in total. The molecule has 1 aliphatic rings. The summed E-state index contributed by atoms with van der Waals surface area (Å²) in [7, 11) is 0. The topological polar surface area (TPSA) is 58.5 Å². The number of hydrogen-bond donors (Lipinski definition) is 1. The number of benzene rings is 2. The van der Waals surface area contributed by atoms with Crippen LogP contribution in [-0.4, -0.2) is 41.4 Å². The SMILES string of the molecule is OCc1cccc(-c2ncnc3cc(N4CCOCC4)ccc23)c1. The lowest BCUT2D eigenvalue weighted by atomic mass is 10.0. The van der Waals surface area contributed by atoms with E-state index in [9.17, 15) is 5.11 Å². The predicted octanol–water partition coefficient (Wildman–Crippen LogP) is 2.63. The Hall–Kier alpha value is -2.50. The van der Waals surface area contributed by atoms with Gasteiger partial charge in [-0.3, -0.25) is 0 Å². The molecule has 2 aromatic carbocycles. The first-order chi connectivity index (χ1) is 11.8. The fourth-order valence-electron chi connectivity index (χ4n) is 3.11. The van der Waals surface area contributed by atoms with Gasteiger partial charge < -0.3 is 14.7 Å². The maximum absolute atomic E-state index is 9.35. The lowest BCUT2D eigenvalue weighted by Gasteiger charge is -2.29. The largest absolute Gasteiger partial charge is 0.392 e. The molecule has 5 heteroatoms. The summed E-state index contributed by atoms with van der Waals surface area (Å²) in [6.07, 6.45) is 1.60. The van der Waals surface area contributed by atoms with E-state index >= 15 is 0 Å². The minimum Gasteiger partial charge on any atom is -0.392 e. The molecule has 1 N–H and O–H groups in total. The van der Waals surface area contributed by atoms with Gasteiger partial charge in [-0.2, -0.15) is 0 Å².